The topological polar surface area (TPSA) is 66.5 Å². The summed E-state index contributed by atoms with van der Waals surface area (Å²) >= 11 is 0. The Balaban J connectivity index is 2.89. The molecule has 3 nitrogen and oxygen atoms in total. The molecule has 0 saturated carbocycles. The Morgan fingerprint density at radius 3 is 2.73 bits per heavy atom. The molecule has 0 fully saturated rings. The van der Waals surface area contributed by atoms with E-state index >= 15 is 0 Å². The number of nitrogens with two attached hydrogens (primary N) is 1. The first-order chi connectivity index (χ1) is 7.06. The quantitative estimate of drug-likeness (QED) is 0.713. The normalized spacial score (nSPS) is 14.9. The molecule has 0 bridgehead atoms. The Kier molecular flexibility index (Phi) is 4.05. The zero-order chi connectivity index (χ0) is 11.4. The minimum absolute atomic E-state index is 0.0842. The van der Waals surface area contributed by atoms with E-state index in [0.717, 1.165) is 18.6 Å². The highest BCUT2D eigenvalue weighted by Gasteiger charge is 2.19. The van der Waals surface area contributed by atoms with E-state index in [2.05, 4.69) is 0 Å². The van der Waals surface area contributed by atoms with Crippen LogP contribution < -0.4 is 5.73 Å². The number of hydrogen-bond acceptors (Lipinski definition) is 3. The summed E-state index contributed by atoms with van der Waals surface area (Å²) in [5, 5.41) is 19.1. The van der Waals surface area contributed by atoms with Gasteiger partial charge in [0.1, 0.15) is 11.6 Å². The molecule has 0 saturated heterocycles. The first kappa shape index (κ1) is 11.9. The Morgan fingerprint density at radius 1 is 1.47 bits per heavy atom. The molecule has 4 N–H and O–H groups in total. The summed E-state index contributed by atoms with van der Waals surface area (Å²) in [4.78, 5) is 0. The van der Waals surface area contributed by atoms with Crippen LogP contribution in [0, 0.1) is 5.82 Å². The van der Waals surface area contributed by atoms with Crippen molar-refractivity contribution in [1.82, 2.24) is 0 Å². The van der Waals surface area contributed by atoms with Crippen LogP contribution in [0.2, 0.25) is 0 Å². The molecule has 84 valence electrons. The van der Waals surface area contributed by atoms with Gasteiger partial charge in [-0.2, -0.15) is 0 Å². The molecule has 1 aromatic rings. The van der Waals surface area contributed by atoms with Crippen LogP contribution in [0.3, 0.4) is 0 Å². The smallest absolute Gasteiger partial charge is 0.123 e. The van der Waals surface area contributed by atoms with Crippen molar-refractivity contribution >= 4 is 0 Å². The van der Waals surface area contributed by atoms with Crippen molar-refractivity contribution in [1.29, 1.82) is 0 Å². The maximum Gasteiger partial charge on any atom is 0.123 e. The van der Waals surface area contributed by atoms with Crippen molar-refractivity contribution in [3.63, 3.8) is 0 Å². The lowest BCUT2D eigenvalue weighted by atomic mass is 9.98. The van der Waals surface area contributed by atoms with Crippen LogP contribution in [-0.4, -0.2) is 16.3 Å². The zero-order valence-corrected chi connectivity index (χ0v) is 8.65. The molecule has 0 unspecified atom stereocenters. The largest absolute Gasteiger partial charge is 0.508 e. The second-order valence-electron chi connectivity index (χ2n) is 3.58. The van der Waals surface area contributed by atoms with Gasteiger partial charge < -0.3 is 15.9 Å². The molecule has 0 amide bonds. The van der Waals surface area contributed by atoms with Crippen molar-refractivity contribution in [2.45, 2.75) is 31.9 Å². The van der Waals surface area contributed by atoms with E-state index in [1.54, 1.807) is 0 Å². The Bertz CT molecular complexity index is 330. The highest BCUT2D eigenvalue weighted by molar-refractivity contribution is 5.35. The number of benzene rings is 1. The number of phenolic OH excluding ortho intramolecular Hbond substituents is 1. The lowest BCUT2D eigenvalue weighted by Crippen LogP contribution is -2.26. The van der Waals surface area contributed by atoms with Crippen LogP contribution in [-0.2, 0) is 0 Å². The van der Waals surface area contributed by atoms with Gasteiger partial charge in [-0.05, 0) is 24.6 Å². The van der Waals surface area contributed by atoms with Crippen molar-refractivity contribution in [2.75, 3.05) is 0 Å². The van der Waals surface area contributed by atoms with Gasteiger partial charge in [-0.1, -0.05) is 13.3 Å². The Hall–Kier alpha value is -1.13. The van der Waals surface area contributed by atoms with Crippen molar-refractivity contribution in [3.05, 3.63) is 29.6 Å². The molecule has 0 radical (unpaired) electrons. The number of aliphatic hydroxyl groups is 1. The molecule has 0 heterocycles. The number of aliphatic hydroxyl groups excluding tert-OH is 1. The van der Waals surface area contributed by atoms with Gasteiger partial charge in [-0.25, -0.2) is 4.39 Å². The molecular weight excluding hydrogens is 197 g/mol. The first-order valence-electron chi connectivity index (χ1n) is 4.98. The number of rotatable bonds is 4. The molecule has 0 aromatic heterocycles. The predicted molar refractivity (Wildman–Crippen MR) is 55.9 cm³/mol. The highest BCUT2D eigenvalue weighted by Crippen LogP contribution is 2.26. The molecule has 1 aromatic carbocycles. The fourth-order valence-corrected chi connectivity index (χ4v) is 1.47. The summed E-state index contributed by atoms with van der Waals surface area (Å²) in [6.45, 7) is 1.92. The van der Waals surface area contributed by atoms with E-state index in [4.69, 9.17) is 5.73 Å². The number of hydrogen-bond donors (Lipinski definition) is 3. The fraction of sp³-hybridized carbons (Fsp3) is 0.455. The molecule has 0 aliphatic heterocycles. The third-order valence-electron chi connectivity index (χ3n) is 2.35. The number of halogens is 1. The Morgan fingerprint density at radius 2 is 2.13 bits per heavy atom. The third-order valence-corrected chi connectivity index (χ3v) is 2.35. The van der Waals surface area contributed by atoms with Crippen LogP contribution in [0.15, 0.2) is 18.2 Å². The van der Waals surface area contributed by atoms with E-state index in [9.17, 15) is 14.6 Å². The number of aromatic hydroxyl groups is 1. The van der Waals surface area contributed by atoms with Crippen molar-refractivity contribution in [3.8, 4) is 5.75 Å². The zero-order valence-electron chi connectivity index (χ0n) is 8.65. The molecule has 1 rings (SSSR count). The maximum absolute atomic E-state index is 12.9. The molecule has 15 heavy (non-hydrogen) atoms. The molecule has 4 heteroatoms. The summed E-state index contributed by atoms with van der Waals surface area (Å²) < 4.78 is 12.9. The van der Waals surface area contributed by atoms with Gasteiger partial charge in [0.05, 0.1) is 12.1 Å². The van der Waals surface area contributed by atoms with E-state index < -0.39 is 18.0 Å². The average Bonchev–Trinajstić information content (AvgIpc) is 2.21. The predicted octanol–water partition coefficient (Wildman–Crippen LogP) is 1.69. The van der Waals surface area contributed by atoms with E-state index in [1.807, 2.05) is 6.92 Å². The van der Waals surface area contributed by atoms with Crippen LogP contribution in [0.1, 0.15) is 31.4 Å². The molecular formula is C11H16FNO2. The van der Waals surface area contributed by atoms with Crippen LogP contribution in [0.5, 0.6) is 5.75 Å². The standard InChI is InChI=1S/C11H16FNO2/c1-2-3-10(15)11(13)8-6-7(12)4-5-9(8)14/h4-6,10-11,14-15H,2-3,13H2,1H3/t10-,11+/m1/s1. The monoisotopic (exact) mass is 213 g/mol. The van der Waals surface area contributed by atoms with Crippen molar-refractivity contribution < 1.29 is 14.6 Å². The Labute approximate surface area is 88.4 Å². The molecule has 2 atom stereocenters. The second-order valence-corrected chi connectivity index (χ2v) is 3.58. The second kappa shape index (κ2) is 5.09. The van der Waals surface area contributed by atoms with Gasteiger partial charge >= 0.3 is 0 Å². The van der Waals surface area contributed by atoms with Crippen LogP contribution >= 0.6 is 0 Å². The highest BCUT2D eigenvalue weighted by atomic mass is 19.1. The number of phenols is 1. The first-order valence-corrected chi connectivity index (χ1v) is 4.98. The SMILES string of the molecule is CCC[C@@H](O)[C@@H](N)c1cc(F)ccc1O. The van der Waals surface area contributed by atoms with Crippen LogP contribution in [0.25, 0.3) is 0 Å². The fourth-order valence-electron chi connectivity index (χ4n) is 1.47. The third kappa shape index (κ3) is 2.91. The summed E-state index contributed by atoms with van der Waals surface area (Å²) in [6.07, 6.45) is 0.546. The lowest BCUT2D eigenvalue weighted by Gasteiger charge is -2.19. The molecule has 0 aliphatic carbocycles. The summed E-state index contributed by atoms with van der Waals surface area (Å²) in [5.74, 6) is -0.555. The van der Waals surface area contributed by atoms with Gasteiger partial charge in [-0.3, -0.25) is 0 Å². The lowest BCUT2D eigenvalue weighted by molar-refractivity contribution is 0.133. The summed E-state index contributed by atoms with van der Waals surface area (Å²) in [5.41, 5.74) is 5.96. The van der Waals surface area contributed by atoms with Gasteiger partial charge in [0, 0.05) is 5.56 Å². The van der Waals surface area contributed by atoms with E-state index in [1.165, 1.54) is 6.07 Å². The van der Waals surface area contributed by atoms with Crippen molar-refractivity contribution in [2.24, 2.45) is 5.73 Å². The van der Waals surface area contributed by atoms with E-state index in [-0.39, 0.29) is 11.3 Å². The molecule has 0 aliphatic rings. The average molecular weight is 213 g/mol. The molecule has 0 spiro atoms. The summed E-state index contributed by atoms with van der Waals surface area (Å²) in [7, 11) is 0. The minimum atomic E-state index is -0.761. The van der Waals surface area contributed by atoms with Gasteiger partial charge in [0.15, 0.2) is 0 Å². The summed E-state index contributed by atoms with van der Waals surface area (Å²) in [6, 6.07) is 2.79. The minimum Gasteiger partial charge on any atom is -0.508 e. The maximum atomic E-state index is 12.9. The van der Waals surface area contributed by atoms with Gasteiger partial charge in [-0.15, -0.1) is 0 Å². The van der Waals surface area contributed by atoms with Crippen LogP contribution in [0.4, 0.5) is 4.39 Å². The van der Waals surface area contributed by atoms with Gasteiger partial charge in [0.25, 0.3) is 0 Å². The van der Waals surface area contributed by atoms with Gasteiger partial charge in [0.2, 0.25) is 0 Å². The van der Waals surface area contributed by atoms with E-state index in [0.29, 0.717) is 6.42 Å².